The summed E-state index contributed by atoms with van der Waals surface area (Å²) in [7, 11) is 1.56. The number of hydrogen-bond acceptors (Lipinski definition) is 6. The molecule has 0 radical (unpaired) electrons. The highest BCUT2D eigenvalue weighted by Crippen LogP contribution is 2.50. The molecule has 3 atom stereocenters. The average Bonchev–Trinajstić information content (AvgIpc) is 3.65. The van der Waals surface area contributed by atoms with Gasteiger partial charge in [0.15, 0.2) is 11.5 Å². The maximum atomic E-state index is 13.7. The van der Waals surface area contributed by atoms with Crippen molar-refractivity contribution in [1.29, 1.82) is 0 Å². The average molecular weight is 587 g/mol. The van der Waals surface area contributed by atoms with Gasteiger partial charge in [-0.15, -0.1) is 0 Å². The quantitative estimate of drug-likeness (QED) is 0.255. The zero-order valence-electron chi connectivity index (χ0n) is 25.5. The number of methoxy groups -OCH3 is 1. The Balaban J connectivity index is 1.51. The van der Waals surface area contributed by atoms with E-state index in [1.807, 2.05) is 47.4 Å². The lowest BCUT2D eigenvalue weighted by Crippen LogP contribution is -2.35. The number of unbranched alkanes of at least 4 members (excludes halogenated alkanes) is 1. The van der Waals surface area contributed by atoms with Crippen LogP contribution in [0.15, 0.2) is 54.6 Å². The van der Waals surface area contributed by atoms with E-state index in [1.54, 1.807) is 7.11 Å². The molecule has 2 heterocycles. The number of benzene rings is 3. The van der Waals surface area contributed by atoms with Crippen LogP contribution in [-0.2, 0) is 28.9 Å². The Morgan fingerprint density at radius 1 is 1.00 bits per heavy atom. The van der Waals surface area contributed by atoms with E-state index in [1.165, 1.54) is 5.56 Å². The highest BCUT2D eigenvalue weighted by atomic mass is 16.7. The molecule has 3 aromatic rings. The van der Waals surface area contributed by atoms with Crippen LogP contribution < -0.4 is 19.5 Å². The Hall–Kier alpha value is -4.04. The molecule has 1 fully saturated rings. The minimum Gasteiger partial charge on any atom is -0.493 e. The zero-order chi connectivity index (χ0) is 30.5. The van der Waals surface area contributed by atoms with Crippen LogP contribution in [0.4, 0.5) is 5.69 Å². The predicted molar refractivity (Wildman–Crippen MR) is 166 cm³/mol. The Morgan fingerprint density at radius 3 is 2.35 bits per heavy atom. The van der Waals surface area contributed by atoms with Gasteiger partial charge in [-0.05, 0) is 65.6 Å². The first-order valence-corrected chi connectivity index (χ1v) is 15.3. The van der Waals surface area contributed by atoms with Crippen molar-refractivity contribution in [2.24, 2.45) is 5.92 Å². The van der Waals surface area contributed by atoms with Crippen LogP contribution >= 0.6 is 0 Å². The molecule has 43 heavy (non-hydrogen) atoms. The second-order valence-electron chi connectivity index (χ2n) is 11.4. The number of rotatable bonds is 12. The molecule has 1 saturated heterocycles. The van der Waals surface area contributed by atoms with Crippen molar-refractivity contribution in [2.75, 3.05) is 32.3 Å². The molecule has 2 aliphatic heterocycles. The minimum absolute atomic E-state index is 0.0609. The summed E-state index contributed by atoms with van der Waals surface area (Å²) in [6.45, 7) is 6.85. The summed E-state index contributed by atoms with van der Waals surface area (Å²) < 4.78 is 16.8. The highest BCUT2D eigenvalue weighted by molar-refractivity contribution is 5.94. The van der Waals surface area contributed by atoms with Crippen LogP contribution in [0.2, 0.25) is 0 Å². The van der Waals surface area contributed by atoms with E-state index in [9.17, 15) is 14.7 Å². The van der Waals surface area contributed by atoms with Crippen LogP contribution in [0.5, 0.6) is 17.2 Å². The molecular formula is C35H42N2O6. The van der Waals surface area contributed by atoms with Crippen molar-refractivity contribution in [3.63, 3.8) is 0 Å². The molecule has 2 aliphatic rings. The van der Waals surface area contributed by atoms with Crippen molar-refractivity contribution in [1.82, 2.24) is 4.90 Å². The van der Waals surface area contributed by atoms with Crippen molar-refractivity contribution in [2.45, 2.75) is 64.8 Å². The first-order chi connectivity index (χ1) is 20.9. The standard InChI is InChI=1S/C35H42N2O6/c1-5-8-10-22-13-15-25(16-14-22)33-31(35(39)40)27(26-17-28(41-4)34-29(18-26)42-21-43-34)19-37(33)20-30(38)36-32-23(6-2)11-9-12-24(32)7-3/h9,11-18,27,31,33H,5-8,10,19-21H2,1-4H3,(H,36,38)(H,39,40)/t27-,31?,33+/m1/s1. The van der Waals surface area contributed by atoms with Gasteiger partial charge in [0.05, 0.1) is 19.6 Å². The number of fused-ring (bicyclic) bond motifs is 1. The number of hydrogen-bond donors (Lipinski definition) is 2. The highest BCUT2D eigenvalue weighted by Gasteiger charge is 2.48. The van der Waals surface area contributed by atoms with Gasteiger partial charge in [-0.1, -0.05) is 69.7 Å². The van der Waals surface area contributed by atoms with Crippen molar-refractivity contribution in [3.8, 4) is 17.2 Å². The number of likely N-dealkylation sites (tertiary alicyclic amines) is 1. The summed E-state index contributed by atoms with van der Waals surface area (Å²) in [4.78, 5) is 28.7. The van der Waals surface area contributed by atoms with Crippen LogP contribution in [-0.4, -0.2) is 48.9 Å². The number of aryl methyl sites for hydroxylation is 3. The first-order valence-electron chi connectivity index (χ1n) is 15.3. The predicted octanol–water partition coefficient (Wildman–Crippen LogP) is 6.37. The van der Waals surface area contributed by atoms with E-state index in [4.69, 9.17) is 14.2 Å². The molecule has 0 spiro atoms. The van der Waals surface area contributed by atoms with E-state index in [0.29, 0.717) is 23.8 Å². The second kappa shape index (κ2) is 13.5. The minimum atomic E-state index is -0.908. The monoisotopic (exact) mass is 586 g/mol. The molecule has 2 N–H and O–H groups in total. The molecule has 8 heteroatoms. The third-order valence-electron chi connectivity index (χ3n) is 8.74. The van der Waals surface area contributed by atoms with Gasteiger partial charge in [0.1, 0.15) is 0 Å². The van der Waals surface area contributed by atoms with Gasteiger partial charge in [0, 0.05) is 24.2 Å². The molecule has 228 valence electrons. The number of nitrogens with zero attached hydrogens (tertiary/aromatic N) is 1. The maximum Gasteiger partial charge on any atom is 0.309 e. The molecule has 0 bridgehead atoms. The summed E-state index contributed by atoms with van der Waals surface area (Å²) in [5, 5.41) is 13.9. The summed E-state index contributed by atoms with van der Waals surface area (Å²) in [5.74, 6) is -0.711. The number of aliphatic carboxylic acids is 1. The molecule has 0 aromatic heterocycles. The van der Waals surface area contributed by atoms with E-state index in [2.05, 4.69) is 38.2 Å². The van der Waals surface area contributed by atoms with Gasteiger partial charge >= 0.3 is 5.97 Å². The van der Waals surface area contributed by atoms with Crippen LogP contribution in [0.3, 0.4) is 0 Å². The molecule has 0 saturated carbocycles. The maximum absolute atomic E-state index is 13.7. The molecule has 0 aliphatic carbocycles. The van der Waals surface area contributed by atoms with Gasteiger partial charge in [-0.3, -0.25) is 14.5 Å². The summed E-state index contributed by atoms with van der Waals surface area (Å²) in [6.07, 6.45) is 4.78. The van der Waals surface area contributed by atoms with E-state index >= 15 is 0 Å². The lowest BCUT2D eigenvalue weighted by atomic mass is 9.82. The Labute approximate surface area is 254 Å². The summed E-state index contributed by atoms with van der Waals surface area (Å²) in [6, 6.07) is 17.5. The smallest absolute Gasteiger partial charge is 0.309 e. The molecule has 1 amide bonds. The van der Waals surface area contributed by atoms with Gasteiger partial charge in [0.2, 0.25) is 18.4 Å². The number of carbonyl (C=O) groups excluding carboxylic acids is 1. The molecule has 8 nitrogen and oxygen atoms in total. The van der Waals surface area contributed by atoms with Gasteiger partial charge < -0.3 is 24.6 Å². The fourth-order valence-electron chi connectivity index (χ4n) is 6.52. The third kappa shape index (κ3) is 6.34. The van der Waals surface area contributed by atoms with Crippen molar-refractivity contribution in [3.05, 3.63) is 82.4 Å². The number of carboxylic acid groups (broad SMARTS) is 1. The molecule has 3 aromatic carbocycles. The van der Waals surface area contributed by atoms with Crippen molar-refractivity contribution >= 4 is 17.6 Å². The zero-order valence-corrected chi connectivity index (χ0v) is 25.5. The number of carboxylic acids is 1. The van der Waals surface area contributed by atoms with E-state index in [0.717, 1.165) is 60.0 Å². The van der Waals surface area contributed by atoms with Crippen molar-refractivity contribution < 1.29 is 28.9 Å². The first kappa shape index (κ1) is 30.4. The number of amides is 1. The fraction of sp³-hybridized carbons (Fsp3) is 0.429. The normalized spacial score (nSPS) is 19.4. The Kier molecular flexibility index (Phi) is 9.56. The number of anilines is 1. The number of para-hydroxylation sites is 1. The van der Waals surface area contributed by atoms with Crippen LogP contribution in [0, 0.1) is 5.92 Å². The summed E-state index contributed by atoms with van der Waals surface area (Å²) >= 11 is 0. The Bertz CT molecular complexity index is 1430. The number of ether oxygens (including phenoxy) is 3. The topological polar surface area (TPSA) is 97.3 Å². The Morgan fingerprint density at radius 2 is 1.72 bits per heavy atom. The molecule has 5 rings (SSSR count). The van der Waals surface area contributed by atoms with E-state index < -0.39 is 23.8 Å². The second-order valence-corrected chi connectivity index (χ2v) is 11.4. The largest absolute Gasteiger partial charge is 0.493 e. The van der Waals surface area contributed by atoms with Gasteiger partial charge in [-0.2, -0.15) is 0 Å². The molecular weight excluding hydrogens is 544 g/mol. The van der Waals surface area contributed by atoms with Crippen LogP contribution in [0.1, 0.15) is 73.4 Å². The van der Waals surface area contributed by atoms with Gasteiger partial charge in [0.25, 0.3) is 0 Å². The lowest BCUT2D eigenvalue weighted by Gasteiger charge is -2.27. The fourth-order valence-corrected chi connectivity index (χ4v) is 6.52. The summed E-state index contributed by atoms with van der Waals surface area (Å²) in [5.41, 5.74) is 5.93. The lowest BCUT2D eigenvalue weighted by molar-refractivity contribution is -0.143. The number of carbonyl (C=O) groups is 2. The van der Waals surface area contributed by atoms with Crippen LogP contribution in [0.25, 0.3) is 0 Å². The molecule has 1 unspecified atom stereocenters. The van der Waals surface area contributed by atoms with E-state index in [-0.39, 0.29) is 19.2 Å². The SMILES string of the molecule is CCCCc1ccc([C@H]2C(C(=O)O)[C@@H](c3cc(OC)c4c(c3)OCO4)CN2CC(=O)Nc2c(CC)cccc2CC)cc1. The third-order valence-corrected chi connectivity index (χ3v) is 8.74. The number of nitrogens with one attached hydrogen (secondary N) is 1. The van der Waals surface area contributed by atoms with Gasteiger partial charge in [-0.25, -0.2) is 0 Å².